The van der Waals surface area contributed by atoms with Gasteiger partial charge in [0.2, 0.25) is 0 Å². The third-order valence-electron chi connectivity index (χ3n) is 0.945. The van der Waals surface area contributed by atoms with Gasteiger partial charge in [-0.15, -0.1) is 16.7 Å². The van der Waals surface area contributed by atoms with E-state index in [2.05, 4.69) is 10.3 Å². The van der Waals surface area contributed by atoms with E-state index in [1.54, 1.807) is 10.9 Å². The Morgan fingerprint density at radius 2 is 2.62 bits per heavy atom. The molecule has 0 saturated carbocycles. The summed E-state index contributed by atoms with van der Waals surface area (Å²) in [5, 5.41) is 7.29. The standard InChI is InChI=1S/C4H6ClN3/c1-8-4(2-5)3-6-7-8/h3H,2H2,1H3. The number of halogens is 1. The van der Waals surface area contributed by atoms with Gasteiger partial charge in [-0.05, 0) is 0 Å². The van der Waals surface area contributed by atoms with Gasteiger partial charge in [-0.1, -0.05) is 5.21 Å². The molecule has 0 aromatic carbocycles. The second-order valence-corrected chi connectivity index (χ2v) is 1.75. The summed E-state index contributed by atoms with van der Waals surface area (Å²) >= 11 is 5.47. The first-order valence-corrected chi connectivity index (χ1v) is 2.77. The third-order valence-corrected chi connectivity index (χ3v) is 1.22. The van der Waals surface area contributed by atoms with Crippen LogP contribution in [0.15, 0.2) is 6.20 Å². The summed E-state index contributed by atoms with van der Waals surface area (Å²) in [5.74, 6) is 0.476. The van der Waals surface area contributed by atoms with Crippen LogP contribution in [0, 0.1) is 0 Å². The largest absolute Gasteiger partial charge is 0.251 e. The molecule has 0 aliphatic carbocycles. The molecule has 0 amide bonds. The zero-order valence-corrected chi connectivity index (χ0v) is 5.26. The van der Waals surface area contributed by atoms with Crippen LogP contribution in [-0.4, -0.2) is 15.0 Å². The van der Waals surface area contributed by atoms with E-state index >= 15 is 0 Å². The Bertz CT molecular complexity index is 172. The van der Waals surface area contributed by atoms with Crippen molar-refractivity contribution in [1.82, 2.24) is 15.0 Å². The number of aryl methyl sites for hydroxylation is 1. The Hall–Kier alpha value is -0.570. The second-order valence-electron chi connectivity index (χ2n) is 1.48. The SMILES string of the molecule is Cn1nncc1CCl. The van der Waals surface area contributed by atoms with Crippen molar-refractivity contribution in [3.63, 3.8) is 0 Å². The highest BCUT2D eigenvalue weighted by Gasteiger charge is 1.93. The Labute approximate surface area is 52.3 Å². The molecule has 4 heteroatoms. The van der Waals surface area contributed by atoms with Crippen LogP contribution >= 0.6 is 11.6 Å². The first-order chi connectivity index (χ1) is 3.84. The number of aromatic nitrogens is 3. The molecule has 0 aliphatic heterocycles. The van der Waals surface area contributed by atoms with E-state index in [-0.39, 0.29) is 0 Å². The van der Waals surface area contributed by atoms with Gasteiger partial charge >= 0.3 is 0 Å². The molecule has 0 unspecified atom stereocenters. The molecular weight excluding hydrogens is 126 g/mol. The molecule has 1 aromatic rings. The summed E-state index contributed by atoms with van der Waals surface area (Å²) in [7, 11) is 1.81. The van der Waals surface area contributed by atoms with E-state index in [9.17, 15) is 0 Å². The maximum atomic E-state index is 5.47. The molecule has 1 aromatic heterocycles. The molecule has 1 heterocycles. The Morgan fingerprint density at radius 3 is 2.88 bits per heavy atom. The lowest BCUT2D eigenvalue weighted by molar-refractivity contribution is 0.693. The second kappa shape index (κ2) is 2.13. The summed E-state index contributed by atoms with van der Waals surface area (Å²) in [4.78, 5) is 0. The summed E-state index contributed by atoms with van der Waals surface area (Å²) in [6.07, 6.45) is 1.65. The molecule has 0 radical (unpaired) electrons. The Kier molecular flexibility index (Phi) is 1.48. The molecule has 0 atom stereocenters. The normalized spacial score (nSPS) is 9.75. The van der Waals surface area contributed by atoms with Crippen molar-refractivity contribution in [1.29, 1.82) is 0 Å². The van der Waals surface area contributed by atoms with Gasteiger partial charge in [0.1, 0.15) is 0 Å². The van der Waals surface area contributed by atoms with Crippen molar-refractivity contribution >= 4 is 11.6 Å². The van der Waals surface area contributed by atoms with Crippen molar-refractivity contribution < 1.29 is 0 Å². The summed E-state index contributed by atoms with van der Waals surface area (Å²) in [6.45, 7) is 0. The molecular formula is C4H6ClN3. The van der Waals surface area contributed by atoms with Crippen LogP contribution in [0.25, 0.3) is 0 Å². The predicted octanol–water partition coefficient (Wildman–Crippen LogP) is 0.554. The molecule has 0 N–H and O–H groups in total. The maximum absolute atomic E-state index is 5.47. The minimum Gasteiger partial charge on any atom is -0.251 e. The molecule has 0 fully saturated rings. The van der Waals surface area contributed by atoms with Gasteiger partial charge in [0.15, 0.2) is 0 Å². The van der Waals surface area contributed by atoms with E-state index in [0.29, 0.717) is 5.88 Å². The molecule has 0 aliphatic rings. The van der Waals surface area contributed by atoms with Gasteiger partial charge in [0.05, 0.1) is 17.8 Å². The first kappa shape index (κ1) is 5.56. The molecule has 44 valence electrons. The zero-order valence-electron chi connectivity index (χ0n) is 4.50. The fourth-order valence-corrected chi connectivity index (χ4v) is 0.674. The molecule has 8 heavy (non-hydrogen) atoms. The first-order valence-electron chi connectivity index (χ1n) is 2.24. The van der Waals surface area contributed by atoms with Gasteiger partial charge in [-0.25, -0.2) is 0 Å². The minimum absolute atomic E-state index is 0.476. The molecule has 3 nitrogen and oxygen atoms in total. The average Bonchev–Trinajstić information content (AvgIpc) is 2.14. The summed E-state index contributed by atoms with van der Waals surface area (Å²) in [6, 6.07) is 0. The van der Waals surface area contributed by atoms with Gasteiger partial charge in [0.25, 0.3) is 0 Å². The smallest absolute Gasteiger partial charge is 0.0737 e. The van der Waals surface area contributed by atoms with Crippen molar-refractivity contribution in [2.45, 2.75) is 5.88 Å². The van der Waals surface area contributed by atoms with Crippen molar-refractivity contribution in [3.05, 3.63) is 11.9 Å². The quantitative estimate of drug-likeness (QED) is 0.522. The van der Waals surface area contributed by atoms with Gasteiger partial charge in [-0.2, -0.15) is 0 Å². The summed E-state index contributed by atoms with van der Waals surface area (Å²) in [5.41, 5.74) is 0.937. The van der Waals surface area contributed by atoms with Crippen molar-refractivity contribution in [2.24, 2.45) is 7.05 Å². The topological polar surface area (TPSA) is 30.7 Å². The highest BCUT2D eigenvalue weighted by molar-refractivity contribution is 6.16. The lowest BCUT2D eigenvalue weighted by atomic mass is 10.5. The third kappa shape index (κ3) is 0.816. The van der Waals surface area contributed by atoms with Crippen LogP contribution in [-0.2, 0) is 12.9 Å². The van der Waals surface area contributed by atoms with Crippen molar-refractivity contribution in [2.75, 3.05) is 0 Å². The summed E-state index contributed by atoms with van der Waals surface area (Å²) < 4.78 is 1.65. The van der Waals surface area contributed by atoms with Crippen LogP contribution in [0.3, 0.4) is 0 Å². The fraction of sp³-hybridized carbons (Fsp3) is 0.500. The fourth-order valence-electron chi connectivity index (χ4n) is 0.432. The van der Waals surface area contributed by atoms with Crippen LogP contribution in [0.1, 0.15) is 5.69 Å². The number of rotatable bonds is 1. The van der Waals surface area contributed by atoms with E-state index in [1.165, 1.54) is 0 Å². The van der Waals surface area contributed by atoms with E-state index in [1.807, 2.05) is 7.05 Å². The van der Waals surface area contributed by atoms with E-state index in [4.69, 9.17) is 11.6 Å². The number of alkyl halides is 1. The lowest BCUT2D eigenvalue weighted by Crippen LogP contribution is -1.94. The van der Waals surface area contributed by atoms with Gasteiger partial charge in [-0.3, -0.25) is 4.68 Å². The zero-order chi connectivity index (χ0) is 5.98. The lowest BCUT2D eigenvalue weighted by Gasteiger charge is -1.88. The van der Waals surface area contributed by atoms with Crippen molar-refractivity contribution in [3.8, 4) is 0 Å². The van der Waals surface area contributed by atoms with Crippen LogP contribution < -0.4 is 0 Å². The molecule has 0 saturated heterocycles. The molecule has 0 spiro atoms. The Morgan fingerprint density at radius 1 is 1.88 bits per heavy atom. The average molecular weight is 132 g/mol. The van der Waals surface area contributed by atoms with Crippen LogP contribution in [0.4, 0.5) is 0 Å². The van der Waals surface area contributed by atoms with Crippen LogP contribution in [0.5, 0.6) is 0 Å². The minimum atomic E-state index is 0.476. The Balaban J connectivity index is 2.92. The number of hydrogen-bond acceptors (Lipinski definition) is 2. The highest BCUT2D eigenvalue weighted by atomic mass is 35.5. The molecule has 0 bridgehead atoms. The highest BCUT2D eigenvalue weighted by Crippen LogP contribution is 1.96. The predicted molar refractivity (Wildman–Crippen MR) is 30.6 cm³/mol. The number of hydrogen-bond donors (Lipinski definition) is 0. The van der Waals surface area contributed by atoms with E-state index in [0.717, 1.165) is 5.69 Å². The monoisotopic (exact) mass is 131 g/mol. The maximum Gasteiger partial charge on any atom is 0.0737 e. The van der Waals surface area contributed by atoms with Gasteiger partial charge < -0.3 is 0 Å². The number of nitrogens with zero attached hydrogens (tertiary/aromatic N) is 3. The molecule has 1 rings (SSSR count). The van der Waals surface area contributed by atoms with E-state index < -0.39 is 0 Å². The van der Waals surface area contributed by atoms with Crippen LogP contribution in [0.2, 0.25) is 0 Å². The van der Waals surface area contributed by atoms with Gasteiger partial charge in [0, 0.05) is 7.05 Å².